The summed E-state index contributed by atoms with van der Waals surface area (Å²) in [4.78, 5) is 4.97. The van der Waals surface area contributed by atoms with Gasteiger partial charge in [-0.3, -0.25) is 4.98 Å². The van der Waals surface area contributed by atoms with Crippen LogP contribution in [0.25, 0.3) is 33.2 Å². The maximum Gasteiger partial charge on any atom is 0.248 e. The average Bonchev–Trinajstić information content (AvgIpc) is 3.61. The van der Waals surface area contributed by atoms with Gasteiger partial charge in [-0.15, -0.1) is 0 Å². The molecular weight excluding hydrogens is 448 g/mol. The number of hydrogen-bond acceptors (Lipinski definition) is 1. The van der Waals surface area contributed by atoms with Crippen LogP contribution < -0.4 is 0 Å². The predicted octanol–water partition coefficient (Wildman–Crippen LogP) is 9.34. The third-order valence-electron chi connectivity index (χ3n) is 8.93. The fourth-order valence-electron chi connectivity index (χ4n) is 7.18. The lowest BCUT2D eigenvalue weighted by atomic mass is 9.85. The van der Waals surface area contributed by atoms with Crippen LogP contribution in [0.1, 0.15) is 84.6 Å². The number of fused-ring (bicyclic) bond motifs is 4. The van der Waals surface area contributed by atoms with E-state index in [4.69, 9.17) is 4.98 Å². The highest BCUT2D eigenvalue weighted by Gasteiger charge is 2.40. The molecule has 0 bridgehead atoms. The Kier molecular flexibility index (Phi) is 5.06. The van der Waals surface area contributed by atoms with Crippen molar-refractivity contribution in [3.8, 4) is 22.4 Å². The fourth-order valence-corrected chi connectivity index (χ4v) is 7.18. The van der Waals surface area contributed by atoms with Gasteiger partial charge in [0.2, 0.25) is 5.92 Å². The van der Waals surface area contributed by atoms with Gasteiger partial charge in [0.15, 0.2) is 0 Å². The molecule has 4 aromatic rings. The van der Waals surface area contributed by atoms with Gasteiger partial charge in [-0.1, -0.05) is 49.2 Å². The number of aromatic nitrogens is 1. The quantitative estimate of drug-likeness (QED) is 0.251. The molecule has 182 valence electrons. The summed E-state index contributed by atoms with van der Waals surface area (Å²) in [6, 6.07) is 19.9. The van der Waals surface area contributed by atoms with Gasteiger partial charge >= 0.3 is 0 Å². The molecule has 36 heavy (non-hydrogen) atoms. The molecule has 0 N–H and O–H groups in total. The van der Waals surface area contributed by atoms with Crippen molar-refractivity contribution in [3.63, 3.8) is 0 Å². The lowest BCUT2D eigenvalue weighted by Gasteiger charge is -2.21. The van der Waals surface area contributed by atoms with E-state index in [1.54, 1.807) is 0 Å². The van der Waals surface area contributed by atoms with Crippen molar-refractivity contribution in [1.29, 1.82) is 0 Å². The minimum absolute atomic E-state index is 0.00197. The van der Waals surface area contributed by atoms with Crippen molar-refractivity contribution >= 4 is 10.8 Å². The SMILES string of the molecule is Cc1cc2c(c(-c3nccc4c(C5CCCC5)cc(C5CCC(F)(F)C5)cc34)c1)Cc1ccccc1-2. The molecular formula is C33H31F2N. The van der Waals surface area contributed by atoms with Crippen LogP contribution in [0.3, 0.4) is 0 Å². The number of nitrogens with zero attached hydrogens (tertiary/aromatic N) is 1. The minimum Gasteiger partial charge on any atom is -0.256 e. The Morgan fingerprint density at radius 2 is 1.64 bits per heavy atom. The zero-order valence-electron chi connectivity index (χ0n) is 20.8. The number of aryl methyl sites for hydroxylation is 1. The lowest BCUT2D eigenvalue weighted by Crippen LogP contribution is -2.09. The molecule has 0 spiro atoms. The molecule has 0 aliphatic heterocycles. The first-order valence-electron chi connectivity index (χ1n) is 13.5. The normalized spacial score (nSPS) is 20.7. The summed E-state index contributed by atoms with van der Waals surface area (Å²) in [5.74, 6) is -2.11. The fraction of sp³-hybridized carbons (Fsp3) is 0.364. The highest BCUT2D eigenvalue weighted by molar-refractivity contribution is 5.99. The molecule has 3 aliphatic rings. The Hall–Kier alpha value is -3.07. The van der Waals surface area contributed by atoms with Gasteiger partial charge in [-0.25, -0.2) is 8.78 Å². The molecule has 3 aliphatic carbocycles. The summed E-state index contributed by atoms with van der Waals surface area (Å²) < 4.78 is 28.5. The van der Waals surface area contributed by atoms with Gasteiger partial charge in [-0.05, 0) is 107 Å². The Morgan fingerprint density at radius 1 is 0.833 bits per heavy atom. The number of halogens is 2. The highest BCUT2D eigenvalue weighted by atomic mass is 19.3. The Labute approximate surface area is 211 Å². The number of pyridine rings is 1. The third-order valence-corrected chi connectivity index (χ3v) is 8.93. The van der Waals surface area contributed by atoms with Gasteiger partial charge in [0, 0.05) is 30.0 Å². The summed E-state index contributed by atoms with van der Waals surface area (Å²) >= 11 is 0. The molecule has 3 aromatic carbocycles. The summed E-state index contributed by atoms with van der Waals surface area (Å²) in [6.45, 7) is 2.16. The van der Waals surface area contributed by atoms with Crippen LogP contribution in [0.5, 0.6) is 0 Å². The van der Waals surface area contributed by atoms with Crippen LogP contribution in [-0.2, 0) is 6.42 Å². The van der Waals surface area contributed by atoms with Crippen LogP contribution >= 0.6 is 0 Å². The molecule has 3 heteroatoms. The molecule has 1 heterocycles. The van der Waals surface area contributed by atoms with Crippen LogP contribution in [0, 0.1) is 6.92 Å². The van der Waals surface area contributed by atoms with Crippen molar-refractivity contribution in [2.24, 2.45) is 0 Å². The highest BCUT2D eigenvalue weighted by Crippen LogP contribution is 2.49. The predicted molar refractivity (Wildman–Crippen MR) is 143 cm³/mol. The first-order chi connectivity index (χ1) is 17.5. The minimum atomic E-state index is -2.55. The zero-order valence-corrected chi connectivity index (χ0v) is 20.8. The van der Waals surface area contributed by atoms with Crippen molar-refractivity contribution in [3.05, 3.63) is 88.6 Å². The van der Waals surface area contributed by atoms with Crippen LogP contribution in [0.2, 0.25) is 0 Å². The van der Waals surface area contributed by atoms with Crippen LogP contribution in [0.15, 0.2) is 60.8 Å². The van der Waals surface area contributed by atoms with Gasteiger partial charge < -0.3 is 0 Å². The molecule has 2 saturated carbocycles. The molecule has 1 unspecified atom stereocenters. The van der Waals surface area contributed by atoms with Gasteiger partial charge in [0.05, 0.1) is 5.69 Å². The van der Waals surface area contributed by atoms with E-state index in [1.165, 1.54) is 70.0 Å². The first-order valence-corrected chi connectivity index (χ1v) is 13.5. The summed E-state index contributed by atoms with van der Waals surface area (Å²) in [5, 5.41) is 2.39. The van der Waals surface area contributed by atoms with Gasteiger partial charge in [0.25, 0.3) is 0 Å². The maximum absolute atomic E-state index is 14.3. The average molecular weight is 480 g/mol. The topological polar surface area (TPSA) is 12.9 Å². The second kappa shape index (κ2) is 8.23. The second-order valence-electron chi connectivity index (χ2n) is 11.3. The van der Waals surface area contributed by atoms with Crippen molar-refractivity contribution in [1.82, 2.24) is 4.98 Å². The smallest absolute Gasteiger partial charge is 0.248 e. The molecule has 0 radical (unpaired) electrons. The summed E-state index contributed by atoms with van der Waals surface area (Å²) in [5.41, 5.74) is 11.2. The van der Waals surface area contributed by atoms with Crippen molar-refractivity contribution < 1.29 is 8.78 Å². The Balaban J connectivity index is 1.46. The molecule has 0 saturated heterocycles. The Bertz CT molecular complexity index is 1500. The van der Waals surface area contributed by atoms with E-state index in [0.29, 0.717) is 12.3 Å². The van der Waals surface area contributed by atoms with E-state index in [-0.39, 0.29) is 18.8 Å². The third kappa shape index (κ3) is 3.58. The molecule has 2 fully saturated rings. The molecule has 7 rings (SSSR count). The van der Waals surface area contributed by atoms with Crippen LogP contribution in [0.4, 0.5) is 8.78 Å². The number of alkyl halides is 2. The lowest BCUT2D eigenvalue weighted by molar-refractivity contribution is 0.00776. The van der Waals surface area contributed by atoms with E-state index in [2.05, 4.69) is 61.5 Å². The van der Waals surface area contributed by atoms with E-state index < -0.39 is 5.92 Å². The largest absolute Gasteiger partial charge is 0.256 e. The van der Waals surface area contributed by atoms with E-state index >= 15 is 0 Å². The van der Waals surface area contributed by atoms with E-state index in [1.807, 2.05) is 6.20 Å². The Morgan fingerprint density at radius 3 is 2.44 bits per heavy atom. The van der Waals surface area contributed by atoms with Gasteiger partial charge in [0.1, 0.15) is 0 Å². The monoisotopic (exact) mass is 479 g/mol. The number of hydrogen-bond donors (Lipinski definition) is 0. The summed E-state index contributed by atoms with van der Waals surface area (Å²) in [7, 11) is 0. The number of rotatable bonds is 3. The second-order valence-corrected chi connectivity index (χ2v) is 11.3. The van der Waals surface area contributed by atoms with Crippen molar-refractivity contribution in [2.75, 3.05) is 0 Å². The molecule has 1 nitrogen and oxygen atoms in total. The van der Waals surface area contributed by atoms with Crippen LogP contribution in [-0.4, -0.2) is 10.9 Å². The molecule has 1 aromatic heterocycles. The van der Waals surface area contributed by atoms with Gasteiger partial charge in [-0.2, -0.15) is 0 Å². The van der Waals surface area contributed by atoms with Crippen molar-refractivity contribution in [2.45, 2.75) is 76.0 Å². The van der Waals surface area contributed by atoms with E-state index in [0.717, 1.165) is 23.1 Å². The van der Waals surface area contributed by atoms with E-state index in [9.17, 15) is 8.78 Å². The zero-order chi connectivity index (χ0) is 24.4. The summed E-state index contributed by atoms with van der Waals surface area (Å²) in [6.07, 6.45) is 8.26. The molecule has 0 amide bonds. The molecule has 1 atom stereocenters. The maximum atomic E-state index is 14.3. The standard InChI is InChI=1S/C33H31F2N/c1-20-14-28-25-9-5-4-8-22(25)16-29(28)30(15-20)32-31-18-24(23-10-12-33(34,35)19-23)17-27(21-6-2-3-7-21)26(31)11-13-36-32/h4-5,8-9,11,13-15,17-18,21,23H,2-3,6-7,10,12,16,19H2,1H3. The first kappa shape index (κ1) is 22.2. The number of benzene rings is 3.